The fourth-order valence-electron chi connectivity index (χ4n) is 3.58. The number of allylic oxidation sites excluding steroid dienone is 2. The highest BCUT2D eigenvalue weighted by atomic mass is 35.5. The summed E-state index contributed by atoms with van der Waals surface area (Å²) in [5, 5.41) is 2.90. The van der Waals surface area contributed by atoms with E-state index >= 15 is 0 Å². The lowest BCUT2D eigenvalue weighted by atomic mass is 9.81. The highest BCUT2D eigenvalue weighted by molar-refractivity contribution is 6.26. The minimum absolute atomic E-state index is 0.0130. The monoisotopic (exact) mass is 423 g/mol. The first-order valence-corrected chi connectivity index (χ1v) is 11.4. The molecule has 4 nitrogen and oxygen atoms in total. The quantitative estimate of drug-likeness (QED) is 0.298. The van der Waals surface area contributed by atoms with E-state index in [4.69, 9.17) is 16.3 Å². The molecule has 5 heteroatoms. The Labute approximate surface area is 181 Å². The van der Waals surface area contributed by atoms with Gasteiger partial charge in [-0.25, -0.2) is 0 Å². The molecule has 1 rings (SSSR count). The standard InChI is InChI=1S/C24H38ClNO3/c1-5-6-8-11-21(29-4)12-9-7-10-13-22(27)26-17-20(16-25)23-18(2)14-15-19(3)24(23)28/h7,9,16,19,21H,5-6,8,10-15,17H2,1-4H3,(H,26,27). The van der Waals surface area contributed by atoms with E-state index in [0.29, 0.717) is 30.5 Å². The molecule has 2 unspecified atom stereocenters. The van der Waals surface area contributed by atoms with Gasteiger partial charge in [-0.05, 0) is 44.6 Å². The van der Waals surface area contributed by atoms with E-state index in [2.05, 4.69) is 18.3 Å². The topological polar surface area (TPSA) is 55.4 Å². The Hall–Kier alpha value is -1.39. The van der Waals surface area contributed by atoms with Crippen LogP contribution in [0.5, 0.6) is 0 Å². The zero-order valence-corrected chi connectivity index (χ0v) is 19.3. The highest BCUT2D eigenvalue weighted by Gasteiger charge is 2.27. The maximum Gasteiger partial charge on any atom is 0.220 e. The number of nitrogens with one attached hydrogen (secondary N) is 1. The molecular weight excluding hydrogens is 386 g/mol. The molecule has 0 aromatic carbocycles. The van der Waals surface area contributed by atoms with Gasteiger partial charge in [-0.3, -0.25) is 9.59 Å². The summed E-state index contributed by atoms with van der Waals surface area (Å²) in [6, 6.07) is 0. The van der Waals surface area contributed by atoms with Crippen LogP contribution < -0.4 is 5.32 Å². The number of carbonyl (C=O) groups is 2. The van der Waals surface area contributed by atoms with Crippen LogP contribution in [0.3, 0.4) is 0 Å². The summed E-state index contributed by atoms with van der Waals surface area (Å²) in [5.74, 6) is 0.106. The van der Waals surface area contributed by atoms with Gasteiger partial charge in [-0.2, -0.15) is 0 Å². The van der Waals surface area contributed by atoms with E-state index in [9.17, 15) is 9.59 Å². The normalized spacial score (nSPS) is 19.1. The van der Waals surface area contributed by atoms with Gasteiger partial charge in [0, 0.05) is 37.1 Å². The lowest BCUT2D eigenvalue weighted by Crippen LogP contribution is -2.29. The lowest BCUT2D eigenvalue weighted by molar-refractivity contribution is -0.121. The van der Waals surface area contributed by atoms with Crippen molar-refractivity contribution < 1.29 is 14.3 Å². The minimum Gasteiger partial charge on any atom is -0.381 e. The molecule has 164 valence electrons. The maximum atomic E-state index is 12.5. The zero-order valence-electron chi connectivity index (χ0n) is 18.6. The molecule has 0 saturated carbocycles. The number of Topliss-reactive ketones (excluding diaryl/α,β-unsaturated/α-hetero) is 1. The Balaban J connectivity index is 2.38. The average molecular weight is 424 g/mol. The molecule has 29 heavy (non-hydrogen) atoms. The van der Waals surface area contributed by atoms with Gasteiger partial charge in [-0.15, -0.1) is 0 Å². The van der Waals surface area contributed by atoms with Gasteiger partial charge in [-0.1, -0.05) is 62.4 Å². The number of hydrogen-bond donors (Lipinski definition) is 1. The zero-order chi connectivity index (χ0) is 21.6. The Morgan fingerprint density at radius 2 is 2.10 bits per heavy atom. The van der Waals surface area contributed by atoms with Crippen LogP contribution in [-0.2, 0) is 14.3 Å². The number of carbonyl (C=O) groups excluding carboxylic acids is 2. The Morgan fingerprint density at radius 1 is 1.34 bits per heavy atom. The fourth-order valence-corrected chi connectivity index (χ4v) is 3.76. The van der Waals surface area contributed by atoms with Crippen molar-refractivity contribution in [3.8, 4) is 0 Å². The summed E-state index contributed by atoms with van der Waals surface area (Å²) < 4.78 is 5.50. The molecule has 1 aliphatic carbocycles. The van der Waals surface area contributed by atoms with Gasteiger partial charge in [0.15, 0.2) is 5.78 Å². The number of hydrogen-bond acceptors (Lipinski definition) is 3. The summed E-state index contributed by atoms with van der Waals surface area (Å²) >= 11 is 5.97. The van der Waals surface area contributed by atoms with Crippen molar-refractivity contribution in [2.45, 2.75) is 84.7 Å². The van der Waals surface area contributed by atoms with Crippen molar-refractivity contribution in [1.82, 2.24) is 5.32 Å². The molecule has 0 aliphatic heterocycles. The molecule has 0 aromatic rings. The summed E-state index contributed by atoms with van der Waals surface area (Å²) in [5.41, 5.74) is 3.90. The van der Waals surface area contributed by atoms with E-state index in [-0.39, 0.29) is 23.7 Å². The van der Waals surface area contributed by atoms with Gasteiger partial charge < -0.3 is 10.1 Å². The Kier molecular flexibility index (Phi) is 12.9. The second-order valence-electron chi connectivity index (χ2n) is 7.97. The van der Waals surface area contributed by atoms with Crippen LogP contribution in [0.15, 0.2) is 34.4 Å². The summed E-state index contributed by atoms with van der Waals surface area (Å²) in [6.45, 7) is 6.41. The number of unbranched alkanes of at least 4 members (excludes halogenated alkanes) is 2. The van der Waals surface area contributed by atoms with Crippen molar-refractivity contribution in [2.24, 2.45) is 5.92 Å². The summed E-state index contributed by atoms with van der Waals surface area (Å²) in [4.78, 5) is 24.7. The predicted octanol–water partition coefficient (Wildman–Crippen LogP) is 5.86. The van der Waals surface area contributed by atoms with Crippen molar-refractivity contribution >= 4 is 23.3 Å². The smallest absolute Gasteiger partial charge is 0.220 e. The number of halogens is 1. The number of ether oxygens (including phenoxy) is 1. The molecule has 2 atom stereocenters. The summed E-state index contributed by atoms with van der Waals surface area (Å²) in [7, 11) is 1.76. The number of amides is 1. The predicted molar refractivity (Wildman–Crippen MR) is 121 cm³/mol. The van der Waals surface area contributed by atoms with E-state index < -0.39 is 0 Å². The van der Waals surface area contributed by atoms with Crippen LogP contribution in [0.25, 0.3) is 0 Å². The second kappa shape index (κ2) is 14.6. The first-order chi connectivity index (χ1) is 13.9. The van der Waals surface area contributed by atoms with Gasteiger partial charge in [0.05, 0.1) is 6.10 Å². The van der Waals surface area contributed by atoms with Crippen LogP contribution in [0, 0.1) is 5.92 Å². The first kappa shape index (κ1) is 25.6. The third-order valence-electron chi connectivity index (χ3n) is 5.57. The largest absolute Gasteiger partial charge is 0.381 e. The van der Waals surface area contributed by atoms with Crippen molar-refractivity contribution in [3.05, 3.63) is 34.4 Å². The van der Waals surface area contributed by atoms with E-state index in [1.165, 1.54) is 24.8 Å². The SMILES string of the molecule is CCCCCC(CC=CCCC(=O)NCC(=CCl)C1=C(C)CCC(C)C1=O)OC. The van der Waals surface area contributed by atoms with Crippen molar-refractivity contribution in [1.29, 1.82) is 0 Å². The van der Waals surface area contributed by atoms with Crippen LogP contribution in [0.4, 0.5) is 0 Å². The third-order valence-corrected chi connectivity index (χ3v) is 5.83. The minimum atomic E-state index is -0.0357. The first-order valence-electron chi connectivity index (χ1n) is 10.9. The second-order valence-corrected chi connectivity index (χ2v) is 8.19. The molecule has 0 radical (unpaired) electrons. The molecular formula is C24H38ClNO3. The molecule has 0 bridgehead atoms. The molecule has 0 aromatic heterocycles. The number of rotatable bonds is 13. The van der Waals surface area contributed by atoms with Gasteiger partial charge >= 0.3 is 0 Å². The van der Waals surface area contributed by atoms with Crippen LogP contribution in [-0.4, -0.2) is 31.4 Å². The van der Waals surface area contributed by atoms with Crippen molar-refractivity contribution in [2.75, 3.05) is 13.7 Å². The fraction of sp³-hybridized carbons (Fsp3) is 0.667. The Bertz CT molecular complexity index is 622. The molecule has 1 aliphatic rings. The van der Waals surface area contributed by atoms with Gasteiger partial charge in [0.1, 0.15) is 0 Å². The van der Waals surface area contributed by atoms with E-state index in [0.717, 1.165) is 31.3 Å². The molecule has 0 spiro atoms. The molecule has 0 saturated heterocycles. The van der Waals surface area contributed by atoms with Crippen molar-refractivity contribution in [3.63, 3.8) is 0 Å². The molecule has 1 amide bonds. The summed E-state index contributed by atoms with van der Waals surface area (Å²) in [6.07, 6.45) is 12.9. The number of methoxy groups -OCH3 is 1. The molecule has 0 heterocycles. The van der Waals surface area contributed by atoms with Crippen LogP contribution in [0.1, 0.15) is 78.6 Å². The van der Waals surface area contributed by atoms with Gasteiger partial charge in [0.2, 0.25) is 5.91 Å². The lowest BCUT2D eigenvalue weighted by Gasteiger charge is -2.23. The molecule has 1 N–H and O–H groups in total. The average Bonchev–Trinajstić information content (AvgIpc) is 2.71. The van der Waals surface area contributed by atoms with Crippen LogP contribution in [0.2, 0.25) is 0 Å². The number of ketones is 1. The maximum absolute atomic E-state index is 12.5. The molecule has 0 fully saturated rings. The van der Waals surface area contributed by atoms with Crippen LogP contribution >= 0.6 is 11.6 Å². The van der Waals surface area contributed by atoms with E-state index in [1.54, 1.807) is 7.11 Å². The van der Waals surface area contributed by atoms with E-state index in [1.807, 2.05) is 19.9 Å². The van der Waals surface area contributed by atoms with Gasteiger partial charge in [0.25, 0.3) is 0 Å². The third kappa shape index (κ3) is 9.31. The Morgan fingerprint density at radius 3 is 2.76 bits per heavy atom. The highest BCUT2D eigenvalue weighted by Crippen LogP contribution is 2.30.